The molecule has 0 radical (unpaired) electrons. The maximum absolute atomic E-state index is 11.9. The summed E-state index contributed by atoms with van der Waals surface area (Å²) in [6.07, 6.45) is 11.2. The summed E-state index contributed by atoms with van der Waals surface area (Å²) in [4.78, 5) is 11.9. The van der Waals surface area contributed by atoms with E-state index in [4.69, 9.17) is 0 Å². The Balaban J connectivity index is 2.33. The van der Waals surface area contributed by atoms with Crippen LogP contribution in [0.3, 0.4) is 0 Å². The third kappa shape index (κ3) is 4.19. The SMILES string of the molecule is CCCCC(CC)CC(=O)C1=CCCC1. The molecule has 0 spiro atoms. The fraction of sp³-hybridized carbons (Fsp3) is 0.786. The van der Waals surface area contributed by atoms with E-state index >= 15 is 0 Å². The highest BCUT2D eigenvalue weighted by Crippen LogP contribution is 2.24. The first kappa shape index (κ1) is 12.5. The molecule has 0 N–H and O–H groups in total. The largest absolute Gasteiger partial charge is 0.295 e. The number of hydrogen-bond donors (Lipinski definition) is 0. The fourth-order valence-electron chi connectivity index (χ4n) is 2.26. The van der Waals surface area contributed by atoms with E-state index in [9.17, 15) is 4.79 Å². The van der Waals surface area contributed by atoms with Crippen molar-refractivity contribution in [3.63, 3.8) is 0 Å². The van der Waals surface area contributed by atoms with Gasteiger partial charge in [-0.25, -0.2) is 0 Å². The van der Waals surface area contributed by atoms with E-state index in [0.717, 1.165) is 31.3 Å². The van der Waals surface area contributed by atoms with Gasteiger partial charge < -0.3 is 0 Å². The van der Waals surface area contributed by atoms with Crippen LogP contribution in [0.15, 0.2) is 11.6 Å². The van der Waals surface area contributed by atoms with Crippen molar-refractivity contribution in [2.75, 3.05) is 0 Å². The zero-order valence-electron chi connectivity index (χ0n) is 10.2. The van der Waals surface area contributed by atoms with Crippen molar-refractivity contribution in [1.29, 1.82) is 0 Å². The van der Waals surface area contributed by atoms with E-state index in [2.05, 4.69) is 19.9 Å². The third-order valence-electron chi connectivity index (χ3n) is 3.42. The number of hydrogen-bond acceptors (Lipinski definition) is 1. The van der Waals surface area contributed by atoms with Gasteiger partial charge in [0.2, 0.25) is 0 Å². The molecule has 1 aliphatic carbocycles. The molecule has 1 rings (SSSR count). The highest BCUT2D eigenvalue weighted by atomic mass is 16.1. The van der Waals surface area contributed by atoms with E-state index in [0.29, 0.717) is 11.7 Å². The van der Waals surface area contributed by atoms with E-state index in [1.807, 2.05) is 0 Å². The Kier molecular flexibility index (Phi) is 5.67. The predicted molar refractivity (Wildman–Crippen MR) is 64.9 cm³/mol. The lowest BCUT2D eigenvalue weighted by atomic mass is 9.91. The van der Waals surface area contributed by atoms with Gasteiger partial charge in [0.25, 0.3) is 0 Å². The van der Waals surface area contributed by atoms with E-state index < -0.39 is 0 Å². The Hall–Kier alpha value is -0.590. The fourth-order valence-corrected chi connectivity index (χ4v) is 2.26. The van der Waals surface area contributed by atoms with Crippen LogP contribution in [-0.2, 0) is 4.79 Å². The molecule has 0 amide bonds. The van der Waals surface area contributed by atoms with Crippen LogP contribution in [0.25, 0.3) is 0 Å². The van der Waals surface area contributed by atoms with Crippen molar-refractivity contribution in [2.24, 2.45) is 5.92 Å². The summed E-state index contributed by atoms with van der Waals surface area (Å²) in [5, 5.41) is 0. The summed E-state index contributed by atoms with van der Waals surface area (Å²) in [6, 6.07) is 0. The Labute approximate surface area is 93.9 Å². The van der Waals surface area contributed by atoms with Gasteiger partial charge in [0.15, 0.2) is 5.78 Å². The minimum atomic E-state index is 0.426. The summed E-state index contributed by atoms with van der Waals surface area (Å²) in [6.45, 7) is 4.42. The van der Waals surface area contributed by atoms with E-state index in [1.165, 1.54) is 25.7 Å². The molecule has 0 aromatic rings. The number of allylic oxidation sites excluding steroid dienone is 2. The zero-order valence-corrected chi connectivity index (χ0v) is 10.2. The monoisotopic (exact) mass is 208 g/mol. The van der Waals surface area contributed by atoms with Gasteiger partial charge in [0.05, 0.1) is 0 Å². The number of Topliss-reactive ketones (excluding diaryl/α,β-unsaturated/α-hetero) is 1. The number of rotatable bonds is 7. The lowest BCUT2D eigenvalue weighted by molar-refractivity contribution is -0.116. The average molecular weight is 208 g/mol. The molecule has 0 saturated carbocycles. The topological polar surface area (TPSA) is 17.1 Å². The number of carbonyl (C=O) groups excluding carboxylic acids is 1. The summed E-state index contributed by atoms with van der Waals surface area (Å²) in [5.41, 5.74) is 1.12. The standard InChI is InChI=1S/C14H24O/c1-3-5-8-12(4-2)11-14(15)13-9-6-7-10-13/h9,12H,3-8,10-11H2,1-2H3. The molecule has 0 aromatic carbocycles. The minimum absolute atomic E-state index is 0.426. The predicted octanol–water partition coefficient (Wildman–Crippen LogP) is 4.27. The lowest BCUT2D eigenvalue weighted by Crippen LogP contribution is -2.09. The molecule has 1 aliphatic rings. The second kappa shape index (κ2) is 6.81. The van der Waals surface area contributed by atoms with Crippen molar-refractivity contribution in [3.8, 4) is 0 Å². The van der Waals surface area contributed by atoms with Crippen molar-refractivity contribution in [2.45, 2.75) is 65.2 Å². The van der Waals surface area contributed by atoms with Crippen molar-refractivity contribution >= 4 is 5.78 Å². The lowest BCUT2D eigenvalue weighted by Gasteiger charge is -2.13. The molecule has 1 atom stereocenters. The van der Waals surface area contributed by atoms with Gasteiger partial charge in [-0.05, 0) is 30.8 Å². The Bertz CT molecular complexity index is 227. The minimum Gasteiger partial charge on any atom is -0.295 e. The highest BCUT2D eigenvalue weighted by Gasteiger charge is 2.17. The first-order valence-corrected chi connectivity index (χ1v) is 6.50. The van der Waals surface area contributed by atoms with Crippen LogP contribution in [-0.4, -0.2) is 5.78 Å². The van der Waals surface area contributed by atoms with Gasteiger partial charge in [-0.3, -0.25) is 4.79 Å². The highest BCUT2D eigenvalue weighted by molar-refractivity contribution is 5.95. The van der Waals surface area contributed by atoms with Gasteiger partial charge in [0, 0.05) is 6.42 Å². The zero-order chi connectivity index (χ0) is 11.1. The molecule has 0 bridgehead atoms. The van der Waals surface area contributed by atoms with Crippen molar-refractivity contribution in [3.05, 3.63) is 11.6 Å². The second-order valence-electron chi connectivity index (χ2n) is 4.67. The van der Waals surface area contributed by atoms with Crippen LogP contribution in [0, 0.1) is 5.92 Å². The molecule has 0 heterocycles. The van der Waals surface area contributed by atoms with Crippen LogP contribution < -0.4 is 0 Å². The van der Waals surface area contributed by atoms with E-state index in [1.54, 1.807) is 0 Å². The molecule has 0 aromatic heterocycles. The maximum atomic E-state index is 11.9. The van der Waals surface area contributed by atoms with Crippen LogP contribution >= 0.6 is 0 Å². The van der Waals surface area contributed by atoms with Gasteiger partial charge in [0.1, 0.15) is 0 Å². The summed E-state index contributed by atoms with van der Waals surface area (Å²) in [7, 11) is 0. The maximum Gasteiger partial charge on any atom is 0.158 e. The van der Waals surface area contributed by atoms with Crippen molar-refractivity contribution in [1.82, 2.24) is 0 Å². The molecule has 1 heteroatoms. The number of ketones is 1. The Morgan fingerprint density at radius 2 is 2.27 bits per heavy atom. The van der Waals surface area contributed by atoms with Crippen molar-refractivity contribution < 1.29 is 4.79 Å². The molecule has 15 heavy (non-hydrogen) atoms. The first-order chi connectivity index (χ1) is 7.27. The van der Waals surface area contributed by atoms with E-state index in [-0.39, 0.29) is 0 Å². The van der Waals surface area contributed by atoms with Crippen LogP contribution in [0.2, 0.25) is 0 Å². The van der Waals surface area contributed by atoms with Gasteiger partial charge in [-0.1, -0.05) is 45.6 Å². The van der Waals surface area contributed by atoms with Crippen LogP contribution in [0.1, 0.15) is 65.2 Å². The molecule has 86 valence electrons. The molecule has 0 aliphatic heterocycles. The summed E-state index contributed by atoms with van der Waals surface area (Å²) in [5.74, 6) is 1.05. The Morgan fingerprint density at radius 1 is 1.47 bits per heavy atom. The molecule has 1 nitrogen and oxygen atoms in total. The van der Waals surface area contributed by atoms with Gasteiger partial charge in [-0.2, -0.15) is 0 Å². The molecular formula is C14H24O. The second-order valence-corrected chi connectivity index (χ2v) is 4.67. The molecule has 0 saturated heterocycles. The molecule has 1 unspecified atom stereocenters. The molecule has 0 fully saturated rings. The number of carbonyl (C=O) groups is 1. The Morgan fingerprint density at radius 3 is 2.80 bits per heavy atom. The summed E-state index contributed by atoms with van der Waals surface area (Å²) >= 11 is 0. The number of unbranched alkanes of at least 4 members (excludes halogenated alkanes) is 1. The van der Waals surface area contributed by atoms with Gasteiger partial charge >= 0.3 is 0 Å². The molecular weight excluding hydrogens is 184 g/mol. The normalized spacial score (nSPS) is 17.6. The average Bonchev–Trinajstić information content (AvgIpc) is 2.77. The summed E-state index contributed by atoms with van der Waals surface area (Å²) < 4.78 is 0. The quantitative estimate of drug-likeness (QED) is 0.610. The smallest absolute Gasteiger partial charge is 0.158 e. The van der Waals surface area contributed by atoms with Gasteiger partial charge in [-0.15, -0.1) is 0 Å². The first-order valence-electron chi connectivity index (χ1n) is 6.50. The van der Waals surface area contributed by atoms with Crippen LogP contribution in [0.5, 0.6) is 0 Å². The van der Waals surface area contributed by atoms with Crippen LogP contribution in [0.4, 0.5) is 0 Å². The third-order valence-corrected chi connectivity index (χ3v) is 3.42.